The van der Waals surface area contributed by atoms with Crippen molar-refractivity contribution >= 4 is 12.1 Å². The van der Waals surface area contributed by atoms with Crippen LogP contribution in [0.1, 0.15) is 27.9 Å². The average molecular weight is 392 g/mol. The third-order valence-electron chi connectivity index (χ3n) is 4.08. The van der Waals surface area contributed by atoms with Crippen molar-refractivity contribution in [3.8, 4) is 11.5 Å². The largest absolute Gasteiger partial charge is 0.456 e. The molecular weight excluding hydrogens is 376 g/mol. The number of nitrogens with zero attached hydrogens (tertiary/aromatic N) is 1. The summed E-state index contributed by atoms with van der Waals surface area (Å²) in [4.78, 5) is 16.6. The maximum atomic E-state index is 13.3. The first-order valence-electron chi connectivity index (χ1n) is 8.39. The Morgan fingerprint density at radius 2 is 1.93 bits per heavy atom. The van der Waals surface area contributed by atoms with E-state index in [1.54, 1.807) is 19.2 Å². The summed E-state index contributed by atoms with van der Waals surface area (Å²) < 4.78 is 58.2. The summed E-state index contributed by atoms with van der Waals surface area (Å²) in [5.74, 6) is -1.23. The van der Waals surface area contributed by atoms with Gasteiger partial charge in [0.05, 0.1) is 11.1 Å². The molecule has 1 heterocycles. The fourth-order valence-corrected chi connectivity index (χ4v) is 2.62. The van der Waals surface area contributed by atoms with Crippen LogP contribution in [0.15, 0.2) is 53.2 Å². The molecule has 146 valence electrons. The predicted octanol–water partition coefficient (Wildman–Crippen LogP) is 5.03. The number of alkyl halides is 3. The lowest BCUT2D eigenvalue weighted by Gasteiger charge is -2.17. The minimum Gasteiger partial charge on any atom is -0.456 e. The van der Waals surface area contributed by atoms with Crippen LogP contribution in [-0.4, -0.2) is 18.7 Å². The molecule has 0 saturated carbocycles. The number of halogens is 4. The second-order valence-corrected chi connectivity index (χ2v) is 6.17. The van der Waals surface area contributed by atoms with E-state index in [4.69, 9.17) is 4.74 Å². The fourth-order valence-electron chi connectivity index (χ4n) is 2.62. The van der Waals surface area contributed by atoms with Crippen LogP contribution in [0.25, 0.3) is 0 Å². The first-order valence-corrected chi connectivity index (χ1v) is 8.39. The van der Waals surface area contributed by atoms with E-state index < -0.39 is 23.5 Å². The van der Waals surface area contributed by atoms with Crippen LogP contribution in [0.4, 0.5) is 17.6 Å². The van der Waals surface area contributed by atoms with Crippen molar-refractivity contribution in [3.63, 3.8) is 0 Å². The first kappa shape index (κ1) is 19.6. The molecule has 1 aliphatic heterocycles. The summed E-state index contributed by atoms with van der Waals surface area (Å²) in [6, 6.07) is 6.25. The Labute approximate surface area is 158 Å². The normalized spacial score (nSPS) is 13.8. The Morgan fingerprint density at radius 3 is 2.57 bits per heavy atom. The van der Waals surface area contributed by atoms with Gasteiger partial charge in [-0.3, -0.25) is 9.79 Å². The lowest BCUT2D eigenvalue weighted by atomic mass is 10.1. The van der Waals surface area contributed by atoms with Gasteiger partial charge in [0.1, 0.15) is 17.3 Å². The number of amides is 1. The molecule has 0 spiro atoms. The zero-order valence-corrected chi connectivity index (χ0v) is 14.8. The number of ether oxygens (including phenoxy) is 1. The number of dihydropyridines is 1. The summed E-state index contributed by atoms with van der Waals surface area (Å²) in [7, 11) is 0. The second kappa shape index (κ2) is 7.84. The summed E-state index contributed by atoms with van der Waals surface area (Å²) in [6.45, 7) is 2.06. The van der Waals surface area contributed by atoms with Gasteiger partial charge in [-0.1, -0.05) is 0 Å². The highest BCUT2D eigenvalue weighted by Gasteiger charge is 2.32. The van der Waals surface area contributed by atoms with E-state index in [1.807, 2.05) is 0 Å². The number of aliphatic imine (C=N–C) groups is 1. The van der Waals surface area contributed by atoms with E-state index in [-0.39, 0.29) is 17.1 Å². The minimum absolute atomic E-state index is 0.0693. The predicted molar refractivity (Wildman–Crippen MR) is 96.2 cm³/mol. The Morgan fingerprint density at radius 1 is 1.14 bits per heavy atom. The molecule has 0 aromatic heterocycles. The van der Waals surface area contributed by atoms with Crippen LogP contribution in [0.5, 0.6) is 11.5 Å². The van der Waals surface area contributed by atoms with Gasteiger partial charge in [-0.25, -0.2) is 4.39 Å². The van der Waals surface area contributed by atoms with E-state index in [1.165, 1.54) is 12.1 Å². The molecule has 0 bridgehead atoms. The van der Waals surface area contributed by atoms with Crippen LogP contribution in [0.2, 0.25) is 0 Å². The van der Waals surface area contributed by atoms with Gasteiger partial charge in [0.15, 0.2) is 0 Å². The summed E-state index contributed by atoms with van der Waals surface area (Å²) in [5, 5.41) is 2.65. The van der Waals surface area contributed by atoms with Crippen molar-refractivity contribution in [3.05, 3.63) is 70.7 Å². The number of carbonyl (C=O) groups is 1. The molecule has 8 heteroatoms. The standard InChI is InChI=1S/C20H16F4N2O2/c1-12-10-14(21)3-5-17(12)28-18-11-13(20(22,23)24)2-4-16(18)19(27)26-15-6-8-25-9-7-15/h2-6,8,10-11H,7,9H2,1H3,(H,26,27). The molecule has 3 rings (SSSR count). The van der Waals surface area contributed by atoms with E-state index in [9.17, 15) is 22.4 Å². The molecule has 2 aromatic carbocycles. The number of allylic oxidation sites excluding steroid dienone is 1. The van der Waals surface area contributed by atoms with Crippen molar-refractivity contribution in [2.24, 2.45) is 4.99 Å². The zero-order chi connectivity index (χ0) is 20.3. The van der Waals surface area contributed by atoms with Gasteiger partial charge in [0.25, 0.3) is 5.91 Å². The smallest absolute Gasteiger partial charge is 0.416 e. The summed E-state index contributed by atoms with van der Waals surface area (Å²) in [6.07, 6.45) is -0.926. The molecule has 2 aromatic rings. The maximum Gasteiger partial charge on any atom is 0.416 e. The monoisotopic (exact) mass is 392 g/mol. The van der Waals surface area contributed by atoms with Crippen LogP contribution < -0.4 is 10.1 Å². The third-order valence-corrected chi connectivity index (χ3v) is 4.08. The Kier molecular flexibility index (Phi) is 5.48. The number of rotatable bonds is 4. The van der Waals surface area contributed by atoms with Crippen molar-refractivity contribution in [2.75, 3.05) is 6.54 Å². The topological polar surface area (TPSA) is 50.7 Å². The number of nitrogens with one attached hydrogen (secondary N) is 1. The third kappa shape index (κ3) is 4.57. The Bertz CT molecular complexity index is 965. The van der Waals surface area contributed by atoms with Crippen molar-refractivity contribution in [1.82, 2.24) is 5.32 Å². The highest BCUT2D eigenvalue weighted by molar-refractivity contribution is 5.98. The van der Waals surface area contributed by atoms with Crippen molar-refractivity contribution < 1.29 is 27.1 Å². The zero-order valence-electron chi connectivity index (χ0n) is 14.8. The SMILES string of the molecule is Cc1cc(F)ccc1Oc1cc(C(F)(F)F)ccc1C(=O)NC1=CC=NCC1. The highest BCUT2D eigenvalue weighted by atomic mass is 19.4. The molecule has 0 saturated heterocycles. The molecular formula is C20H16F4N2O2. The molecule has 1 N–H and O–H groups in total. The minimum atomic E-state index is -4.60. The fraction of sp³-hybridized carbons (Fsp3) is 0.200. The van der Waals surface area contributed by atoms with Crippen LogP contribution in [0.3, 0.4) is 0 Å². The highest BCUT2D eigenvalue weighted by Crippen LogP contribution is 2.35. The van der Waals surface area contributed by atoms with E-state index in [0.717, 1.165) is 24.3 Å². The van der Waals surface area contributed by atoms with Gasteiger partial charge in [-0.15, -0.1) is 0 Å². The number of benzene rings is 2. The van der Waals surface area contributed by atoms with E-state index in [2.05, 4.69) is 10.3 Å². The van der Waals surface area contributed by atoms with Gasteiger partial charge < -0.3 is 10.1 Å². The number of hydrogen-bond donors (Lipinski definition) is 1. The molecule has 4 nitrogen and oxygen atoms in total. The number of hydrogen-bond acceptors (Lipinski definition) is 3. The molecule has 1 aliphatic rings. The van der Waals surface area contributed by atoms with Gasteiger partial charge in [-0.05, 0) is 55.0 Å². The van der Waals surface area contributed by atoms with Gasteiger partial charge in [0, 0.05) is 24.9 Å². The Balaban J connectivity index is 1.97. The molecule has 0 radical (unpaired) electrons. The maximum absolute atomic E-state index is 13.3. The molecule has 0 aliphatic carbocycles. The second-order valence-electron chi connectivity index (χ2n) is 6.17. The Hall–Kier alpha value is -3.16. The van der Waals surface area contributed by atoms with Crippen LogP contribution >= 0.6 is 0 Å². The number of carbonyl (C=O) groups excluding carboxylic acids is 1. The van der Waals surface area contributed by atoms with E-state index >= 15 is 0 Å². The van der Waals surface area contributed by atoms with Gasteiger partial charge >= 0.3 is 6.18 Å². The quantitative estimate of drug-likeness (QED) is 0.742. The van der Waals surface area contributed by atoms with Gasteiger partial charge in [-0.2, -0.15) is 13.2 Å². The first-order chi connectivity index (χ1) is 13.2. The molecule has 0 atom stereocenters. The lowest BCUT2D eigenvalue weighted by molar-refractivity contribution is -0.137. The van der Waals surface area contributed by atoms with Crippen molar-refractivity contribution in [1.29, 1.82) is 0 Å². The number of aryl methyl sites for hydroxylation is 1. The van der Waals surface area contributed by atoms with Gasteiger partial charge in [0.2, 0.25) is 0 Å². The average Bonchev–Trinajstić information content (AvgIpc) is 2.64. The van der Waals surface area contributed by atoms with E-state index in [0.29, 0.717) is 24.2 Å². The van der Waals surface area contributed by atoms with Crippen LogP contribution in [0, 0.1) is 12.7 Å². The van der Waals surface area contributed by atoms with Crippen molar-refractivity contribution in [2.45, 2.75) is 19.5 Å². The van der Waals surface area contributed by atoms with Crippen LogP contribution in [-0.2, 0) is 6.18 Å². The summed E-state index contributed by atoms with van der Waals surface area (Å²) >= 11 is 0. The summed E-state index contributed by atoms with van der Waals surface area (Å²) in [5.41, 5.74) is -0.0400. The molecule has 1 amide bonds. The molecule has 28 heavy (non-hydrogen) atoms. The lowest BCUT2D eigenvalue weighted by Crippen LogP contribution is -2.25. The molecule has 0 fully saturated rings. The molecule has 0 unspecified atom stereocenters.